The first kappa shape index (κ1) is 22.6. The number of carboxylic acids is 2. The lowest BCUT2D eigenvalue weighted by Crippen LogP contribution is -2.46. The molecule has 1 rings (SSSR count). The van der Waals surface area contributed by atoms with Crippen LogP contribution in [0.15, 0.2) is 23.8 Å². The summed E-state index contributed by atoms with van der Waals surface area (Å²) in [5.41, 5.74) is -0.173. The largest absolute Gasteiger partial charge is 0.480 e. The third kappa shape index (κ3) is 4.79. The number of carboxylic acid groups (broad SMARTS) is 2. The lowest BCUT2D eigenvalue weighted by Gasteiger charge is -2.38. The van der Waals surface area contributed by atoms with E-state index in [0.717, 1.165) is 12.5 Å². The lowest BCUT2D eigenvalue weighted by molar-refractivity contribution is -0.140. The van der Waals surface area contributed by atoms with Crippen LogP contribution < -0.4 is 0 Å². The molecule has 0 saturated heterocycles. The van der Waals surface area contributed by atoms with E-state index < -0.39 is 30.4 Å². The summed E-state index contributed by atoms with van der Waals surface area (Å²) < 4.78 is 12.6. The number of hydrogen-bond acceptors (Lipinski definition) is 4. The second-order valence-electron chi connectivity index (χ2n) is 6.14. The minimum atomic E-state index is -4.13. The van der Waals surface area contributed by atoms with Gasteiger partial charge in [-0.3, -0.25) is 9.36 Å². The Bertz CT molecular complexity index is 563. The molecule has 8 heteroatoms. The molecule has 138 valence electrons. The fourth-order valence-corrected chi connectivity index (χ4v) is 5.21. The van der Waals surface area contributed by atoms with E-state index in [4.69, 9.17) is 10.2 Å². The summed E-state index contributed by atoms with van der Waals surface area (Å²) in [6.07, 6.45) is 4.35. The number of aliphatic hydroxyl groups excluding tert-OH is 1. The molecule has 0 fully saturated rings. The van der Waals surface area contributed by atoms with Crippen LogP contribution in [0.5, 0.6) is 0 Å². The van der Waals surface area contributed by atoms with E-state index in [-0.39, 0.29) is 17.7 Å². The molecule has 1 aliphatic carbocycles. The average molecular weight is 362 g/mol. The van der Waals surface area contributed by atoms with Crippen LogP contribution in [0.2, 0.25) is 0 Å². The van der Waals surface area contributed by atoms with Crippen molar-refractivity contribution < 1.29 is 34.4 Å². The predicted octanol–water partition coefficient (Wildman–Crippen LogP) is 2.34. The zero-order valence-electron chi connectivity index (χ0n) is 14.5. The highest BCUT2D eigenvalue weighted by atomic mass is 31.2. The van der Waals surface area contributed by atoms with E-state index in [1.807, 2.05) is 6.92 Å². The van der Waals surface area contributed by atoms with Gasteiger partial charge in [-0.1, -0.05) is 45.9 Å². The van der Waals surface area contributed by atoms with Crippen molar-refractivity contribution in [1.82, 2.24) is 0 Å². The first-order valence-electron chi connectivity index (χ1n) is 7.76. The highest BCUT2D eigenvalue weighted by Gasteiger charge is 2.58. The zero-order chi connectivity index (χ0) is 19.1. The zero-order valence-corrected chi connectivity index (χ0v) is 15.4. The molecule has 3 atom stereocenters. The molecule has 0 aliphatic heterocycles. The summed E-state index contributed by atoms with van der Waals surface area (Å²) >= 11 is 0. The second kappa shape index (κ2) is 9.16. The van der Waals surface area contributed by atoms with Crippen molar-refractivity contribution in [3.8, 4) is 0 Å². The Labute approximate surface area is 142 Å². The van der Waals surface area contributed by atoms with Crippen LogP contribution in [-0.4, -0.2) is 50.1 Å². The van der Waals surface area contributed by atoms with Crippen molar-refractivity contribution in [3.05, 3.63) is 23.8 Å². The molecule has 3 unspecified atom stereocenters. The molecule has 0 aromatic rings. The molecule has 0 spiro atoms. The fraction of sp³-hybridized carbons (Fsp3) is 0.625. The minimum absolute atomic E-state index is 0.173. The van der Waals surface area contributed by atoms with Gasteiger partial charge in [0.2, 0.25) is 7.37 Å². The average Bonchev–Trinajstić information content (AvgIpc) is 2.45. The van der Waals surface area contributed by atoms with Crippen LogP contribution in [0.3, 0.4) is 0 Å². The van der Waals surface area contributed by atoms with Gasteiger partial charge >= 0.3 is 11.9 Å². The normalized spacial score (nSPS) is 25.3. The Hall–Kier alpha value is -1.43. The number of carbonyl (C=O) groups is 2. The van der Waals surface area contributed by atoms with E-state index in [0.29, 0.717) is 6.61 Å². The monoisotopic (exact) mass is 362 g/mol. The molecule has 0 amide bonds. The van der Waals surface area contributed by atoms with Crippen LogP contribution in [0.25, 0.3) is 0 Å². The van der Waals surface area contributed by atoms with Crippen LogP contribution in [0, 0.1) is 11.8 Å². The Morgan fingerprint density at radius 2 is 1.83 bits per heavy atom. The number of aliphatic hydroxyl groups is 1. The van der Waals surface area contributed by atoms with Gasteiger partial charge in [0.1, 0.15) is 0 Å². The van der Waals surface area contributed by atoms with Crippen LogP contribution in [0.1, 0.15) is 34.1 Å². The number of hydrogen-bond donors (Lipinski definition) is 4. The molecule has 1 aliphatic rings. The van der Waals surface area contributed by atoms with Crippen molar-refractivity contribution in [1.29, 1.82) is 0 Å². The smallest absolute Gasteiger partial charge is 0.331 e. The van der Waals surface area contributed by atoms with Crippen LogP contribution in [-0.2, 0) is 14.2 Å². The first-order chi connectivity index (χ1) is 11.0. The molecular formula is C16H27O7P. The van der Waals surface area contributed by atoms with Gasteiger partial charge in [0, 0.05) is 24.3 Å². The van der Waals surface area contributed by atoms with Gasteiger partial charge in [-0.25, -0.2) is 4.79 Å². The van der Waals surface area contributed by atoms with Gasteiger partial charge in [0.25, 0.3) is 0 Å². The highest BCUT2D eigenvalue weighted by molar-refractivity contribution is 7.61. The molecular weight excluding hydrogens is 335 g/mol. The van der Waals surface area contributed by atoms with Gasteiger partial charge in [0.05, 0.1) is 0 Å². The van der Waals surface area contributed by atoms with Crippen LogP contribution >= 0.6 is 7.37 Å². The second-order valence-corrected chi connectivity index (χ2v) is 8.65. The fourth-order valence-electron chi connectivity index (χ4n) is 2.55. The Balaban J connectivity index is 0.00000118. The topological polar surface area (TPSA) is 132 Å². The van der Waals surface area contributed by atoms with Crippen molar-refractivity contribution >= 4 is 19.3 Å². The Morgan fingerprint density at radius 3 is 2.17 bits per heavy atom. The van der Waals surface area contributed by atoms with Crippen molar-refractivity contribution in [2.24, 2.45) is 11.8 Å². The third-order valence-corrected chi connectivity index (χ3v) is 6.87. The van der Waals surface area contributed by atoms with Crippen molar-refractivity contribution in [3.63, 3.8) is 0 Å². The maximum atomic E-state index is 12.6. The van der Waals surface area contributed by atoms with E-state index in [2.05, 4.69) is 0 Å². The van der Waals surface area contributed by atoms with Gasteiger partial charge in [-0.2, -0.15) is 0 Å². The summed E-state index contributed by atoms with van der Waals surface area (Å²) in [7, 11) is -4.13. The van der Waals surface area contributed by atoms with E-state index >= 15 is 0 Å². The Kier molecular flexibility index (Phi) is 8.61. The maximum absolute atomic E-state index is 12.6. The molecule has 0 aromatic carbocycles. The molecule has 0 radical (unpaired) electrons. The summed E-state index contributed by atoms with van der Waals surface area (Å²) in [4.78, 5) is 33.1. The molecule has 7 nitrogen and oxygen atoms in total. The molecule has 0 saturated carbocycles. The third-order valence-electron chi connectivity index (χ3n) is 3.76. The predicted molar refractivity (Wildman–Crippen MR) is 91.3 cm³/mol. The lowest BCUT2D eigenvalue weighted by atomic mass is 9.82. The Morgan fingerprint density at radius 1 is 1.33 bits per heavy atom. The summed E-state index contributed by atoms with van der Waals surface area (Å²) in [5.74, 6) is -4.02. The van der Waals surface area contributed by atoms with Crippen molar-refractivity contribution in [2.45, 2.75) is 39.3 Å². The van der Waals surface area contributed by atoms with Gasteiger partial charge in [-0.15, -0.1) is 0 Å². The van der Waals surface area contributed by atoms with Crippen LogP contribution in [0.4, 0.5) is 0 Å². The molecule has 0 aromatic heterocycles. The molecule has 0 heterocycles. The summed E-state index contributed by atoms with van der Waals surface area (Å²) in [6, 6.07) is 0. The van der Waals surface area contributed by atoms with Gasteiger partial charge < -0.3 is 20.2 Å². The van der Waals surface area contributed by atoms with E-state index in [1.54, 1.807) is 13.8 Å². The van der Waals surface area contributed by atoms with E-state index in [9.17, 15) is 24.2 Å². The molecule has 24 heavy (non-hydrogen) atoms. The number of rotatable bonds is 6. The summed E-state index contributed by atoms with van der Waals surface area (Å²) in [5, 5.41) is 24.4. The number of aliphatic carboxylic acids is 2. The van der Waals surface area contributed by atoms with Gasteiger partial charge in [-0.05, 0) is 12.3 Å². The van der Waals surface area contributed by atoms with Crippen molar-refractivity contribution in [2.75, 3.05) is 12.8 Å². The highest BCUT2D eigenvalue weighted by Crippen LogP contribution is 2.62. The molecule has 0 bridgehead atoms. The first-order valence-corrected chi connectivity index (χ1v) is 9.61. The van der Waals surface area contributed by atoms with Gasteiger partial charge in [0.15, 0.2) is 5.16 Å². The summed E-state index contributed by atoms with van der Waals surface area (Å²) in [6.45, 7) is 7.04. The maximum Gasteiger partial charge on any atom is 0.331 e. The number of allylic oxidation sites excluding steroid dienone is 2. The molecule has 4 N–H and O–H groups in total. The minimum Gasteiger partial charge on any atom is -0.480 e. The van der Waals surface area contributed by atoms with E-state index in [1.165, 1.54) is 19.1 Å². The quantitative estimate of drug-likeness (QED) is 0.533. The standard InChI is InChI=1S/C13H19O6P.C3H8O/c1-8(2)7-20(18,19)13(12(16)17)6-4-5-10(9(13)3)11(14)15;1-2-3-4/h4-6,8-9H,7H2,1-3H3,(H,14,15)(H,16,17)(H,18,19);4H,2-3H2,1H3. The SMILES string of the molecule is CC(C)CP(=O)(O)C1(C(=O)O)C=CC=C(C(=O)O)C1C.CCCO.